The summed E-state index contributed by atoms with van der Waals surface area (Å²) in [4.78, 5) is 0. The molecule has 2 nitrogen and oxygen atoms in total. The summed E-state index contributed by atoms with van der Waals surface area (Å²) in [6.45, 7) is 9.52. The minimum atomic E-state index is -0.0195. The maximum atomic E-state index is 5.71. The Balaban J connectivity index is 2.39. The van der Waals surface area contributed by atoms with E-state index in [4.69, 9.17) is 9.47 Å². The molecule has 1 aliphatic rings. The van der Waals surface area contributed by atoms with Crippen LogP contribution < -0.4 is 0 Å². The molecule has 0 aromatic heterocycles. The summed E-state index contributed by atoms with van der Waals surface area (Å²) in [5.41, 5.74) is 0. The predicted octanol–water partition coefficient (Wildman–Crippen LogP) is 3.73. The molecule has 0 aromatic carbocycles. The molecule has 0 aliphatic carbocycles. The zero-order valence-electron chi connectivity index (χ0n) is 10.5. The summed E-state index contributed by atoms with van der Waals surface area (Å²) < 4.78 is 11.4. The molecule has 2 unspecified atom stereocenters. The molecular formula is C13H24O2. The second-order valence-corrected chi connectivity index (χ2v) is 4.69. The number of hydrogen-bond donors (Lipinski definition) is 0. The van der Waals surface area contributed by atoms with Gasteiger partial charge >= 0.3 is 0 Å². The molecule has 0 saturated carbocycles. The van der Waals surface area contributed by atoms with Gasteiger partial charge < -0.3 is 9.47 Å². The van der Waals surface area contributed by atoms with Crippen molar-refractivity contribution in [1.82, 2.24) is 0 Å². The van der Waals surface area contributed by atoms with E-state index in [9.17, 15) is 0 Å². The minimum Gasteiger partial charge on any atom is -0.470 e. The van der Waals surface area contributed by atoms with Gasteiger partial charge in [0.15, 0.2) is 6.29 Å². The molecule has 0 amide bonds. The van der Waals surface area contributed by atoms with Gasteiger partial charge in [-0.1, -0.05) is 27.2 Å². The van der Waals surface area contributed by atoms with Gasteiger partial charge in [0.2, 0.25) is 0 Å². The molecule has 1 heterocycles. The first-order valence-electron chi connectivity index (χ1n) is 6.10. The van der Waals surface area contributed by atoms with E-state index >= 15 is 0 Å². The van der Waals surface area contributed by atoms with Crippen molar-refractivity contribution >= 4 is 0 Å². The molecule has 0 saturated heterocycles. The summed E-state index contributed by atoms with van der Waals surface area (Å²) in [7, 11) is 0. The number of ether oxygens (including phenoxy) is 2. The molecule has 2 atom stereocenters. The van der Waals surface area contributed by atoms with Crippen LogP contribution in [0.15, 0.2) is 11.8 Å². The SMILES string of the molecule is CCCCOC1CC(C(C)C)C=C(C)O1. The molecule has 0 bridgehead atoms. The van der Waals surface area contributed by atoms with Gasteiger partial charge in [0.1, 0.15) is 0 Å². The fraction of sp³-hybridized carbons (Fsp3) is 0.846. The largest absolute Gasteiger partial charge is 0.470 e. The topological polar surface area (TPSA) is 18.5 Å². The molecule has 0 spiro atoms. The van der Waals surface area contributed by atoms with Crippen LogP contribution in [0.4, 0.5) is 0 Å². The summed E-state index contributed by atoms with van der Waals surface area (Å²) in [5.74, 6) is 2.29. The summed E-state index contributed by atoms with van der Waals surface area (Å²) in [6, 6.07) is 0. The van der Waals surface area contributed by atoms with Crippen LogP contribution in [-0.2, 0) is 9.47 Å². The van der Waals surface area contributed by atoms with Crippen molar-refractivity contribution in [2.75, 3.05) is 6.61 Å². The molecule has 0 aromatic rings. The second kappa shape index (κ2) is 6.16. The third-order valence-electron chi connectivity index (χ3n) is 2.89. The molecule has 0 radical (unpaired) electrons. The van der Waals surface area contributed by atoms with Crippen LogP contribution in [0.1, 0.15) is 47.0 Å². The van der Waals surface area contributed by atoms with Crippen molar-refractivity contribution in [3.63, 3.8) is 0 Å². The van der Waals surface area contributed by atoms with Crippen molar-refractivity contribution in [3.05, 3.63) is 11.8 Å². The Kier molecular flexibility index (Phi) is 5.16. The lowest BCUT2D eigenvalue weighted by molar-refractivity contribution is -0.136. The number of rotatable bonds is 5. The maximum absolute atomic E-state index is 5.71. The van der Waals surface area contributed by atoms with Crippen molar-refractivity contribution in [2.24, 2.45) is 11.8 Å². The minimum absolute atomic E-state index is 0.0195. The van der Waals surface area contributed by atoms with Crippen molar-refractivity contribution in [1.29, 1.82) is 0 Å². The Labute approximate surface area is 93.7 Å². The lowest BCUT2D eigenvalue weighted by Gasteiger charge is -2.30. The van der Waals surface area contributed by atoms with E-state index in [0.29, 0.717) is 11.8 Å². The van der Waals surface area contributed by atoms with E-state index in [1.54, 1.807) is 0 Å². The van der Waals surface area contributed by atoms with Gasteiger partial charge in [0, 0.05) is 6.42 Å². The molecule has 1 rings (SSSR count). The van der Waals surface area contributed by atoms with E-state index in [1.165, 1.54) is 6.42 Å². The number of allylic oxidation sites excluding steroid dienone is 2. The van der Waals surface area contributed by atoms with Crippen LogP contribution in [0.2, 0.25) is 0 Å². The van der Waals surface area contributed by atoms with E-state index in [1.807, 2.05) is 6.92 Å². The monoisotopic (exact) mass is 212 g/mol. The third kappa shape index (κ3) is 4.25. The van der Waals surface area contributed by atoms with Crippen LogP contribution in [0.3, 0.4) is 0 Å². The fourth-order valence-corrected chi connectivity index (χ4v) is 1.81. The number of hydrogen-bond acceptors (Lipinski definition) is 2. The van der Waals surface area contributed by atoms with E-state index < -0.39 is 0 Å². The van der Waals surface area contributed by atoms with E-state index in [2.05, 4.69) is 26.8 Å². The van der Waals surface area contributed by atoms with Crippen molar-refractivity contribution < 1.29 is 9.47 Å². The van der Waals surface area contributed by atoms with Gasteiger partial charge in [0.25, 0.3) is 0 Å². The van der Waals surface area contributed by atoms with Gasteiger partial charge in [-0.3, -0.25) is 0 Å². The quantitative estimate of drug-likeness (QED) is 0.646. The Morgan fingerprint density at radius 1 is 1.53 bits per heavy atom. The first kappa shape index (κ1) is 12.6. The van der Waals surface area contributed by atoms with Crippen LogP contribution in [0, 0.1) is 11.8 Å². The zero-order chi connectivity index (χ0) is 11.3. The highest BCUT2D eigenvalue weighted by Gasteiger charge is 2.24. The molecule has 88 valence electrons. The Hall–Kier alpha value is -0.500. The van der Waals surface area contributed by atoms with Crippen molar-refractivity contribution in [2.45, 2.75) is 53.2 Å². The van der Waals surface area contributed by atoms with Gasteiger partial charge in [-0.15, -0.1) is 0 Å². The van der Waals surface area contributed by atoms with Crippen LogP contribution in [0.5, 0.6) is 0 Å². The van der Waals surface area contributed by atoms with Crippen LogP contribution in [0.25, 0.3) is 0 Å². The average Bonchev–Trinajstić information content (AvgIpc) is 2.17. The second-order valence-electron chi connectivity index (χ2n) is 4.69. The van der Waals surface area contributed by atoms with Crippen LogP contribution in [-0.4, -0.2) is 12.9 Å². The standard InChI is InChI=1S/C13H24O2/c1-5-6-7-14-13-9-12(10(2)3)8-11(4)15-13/h8,10,12-13H,5-7,9H2,1-4H3. The highest BCUT2D eigenvalue weighted by Crippen LogP contribution is 2.28. The molecule has 2 heteroatoms. The van der Waals surface area contributed by atoms with Gasteiger partial charge in [0.05, 0.1) is 12.4 Å². The first-order valence-corrected chi connectivity index (χ1v) is 6.10. The highest BCUT2D eigenvalue weighted by molar-refractivity contribution is 4.99. The Bertz CT molecular complexity index is 209. The predicted molar refractivity (Wildman–Crippen MR) is 62.4 cm³/mol. The third-order valence-corrected chi connectivity index (χ3v) is 2.89. The lowest BCUT2D eigenvalue weighted by atomic mass is 9.90. The molecule has 1 aliphatic heterocycles. The fourth-order valence-electron chi connectivity index (χ4n) is 1.81. The molecule has 0 N–H and O–H groups in total. The molecule has 15 heavy (non-hydrogen) atoms. The summed E-state index contributed by atoms with van der Waals surface area (Å²) in [5, 5.41) is 0. The average molecular weight is 212 g/mol. The lowest BCUT2D eigenvalue weighted by Crippen LogP contribution is -2.26. The van der Waals surface area contributed by atoms with Gasteiger partial charge in [-0.2, -0.15) is 0 Å². The molecular weight excluding hydrogens is 188 g/mol. The molecule has 0 fully saturated rings. The van der Waals surface area contributed by atoms with Gasteiger partial charge in [-0.25, -0.2) is 0 Å². The first-order chi connectivity index (χ1) is 7.13. The van der Waals surface area contributed by atoms with Gasteiger partial charge in [-0.05, 0) is 31.3 Å². The maximum Gasteiger partial charge on any atom is 0.199 e. The normalized spacial score (nSPS) is 26.3. The smallest absolute Gasteiger partial charge is 0.199 e. The summed E-state index contributed by atoms with van der Waals surface area (Å²) in [6.07, 6.45) is 5.50. The van der Waals surface area contributed by atoms with E-state index in [0.717, 1.165) is 25.2 Å². The van der Waals surface area contributed by atoms with Crippen molar-refractivity contribution in [3.8, 4) is 0 Å². The van der Waals surface area contributed by atoms with E-state index in [-0.39, 0.29) is 6.29 Å². The summed E-state index contributed by atoms with van der Waals surface area (Å²) >= 11 is 0. The number of unbranched alkanes of at least 4 members (excludes halogenated alkanes) is 1. The highest BCUT2D eigenvalue weighted by atomic mass is 16.7. The Morgan fingerprint density at radius 2 is 2.27 bits per heavy atom. The zero-order valence-corrected chi connectivity index (χ0v) is 10.5. The Morgan fingerprint density at radius 3 is 2.87 bits per heavy atom. The van der Waals surface area contributed by atoms with Crippen LogP contribution >= 0.6 is 0 Å².